The van der Waals surface area contributed by atoms with E-state index >= 15 is 0 Å². The van der Waals surface area contributed by atoms with E-state index in [9.17, 15) is 9.59 Å². The van der Waals surface area contributed by atoms with E-state index in [0.717, 1.165) is 25.9 Å². The Bertz CT molecular complexity index is 225. The minimum absolute atomic E-state index is 0.0724. The third-order valence-corrected chi connectivity index (χ3v) is 2.30. The molecule has 0 saturated carbocycles. The lowest BCUT2D eigenvalue weighted by Crippen LogP contribution is -2.38. The minimum Gasteiger partial charge on any atom is -0.466 e. The quantitative estimate of drug-likeness (QED) is 0.702. The molecule has 0 radical (unpaired) electrons. The van der Waals surface area contributed by atoms with Crippen molar-refractivity contribution in [2.75, 3.05) is 26.2 Å². The molecule has 0 unspecified atom stereocenters. The maximum Gasteiger partial charge on any atom is 0.317 e. The van der Waals surface area contributed by atoms with Crippen LogP contribution in [0.15, 0.2) is 0 Å². The number of hydrogen-bond donors (Lipinski definition) is 1. The molecule has 2 amide bonds. The lowest BCUT2D eigenvalue weighted by Gasteiger charge is -2.15. The molecule has 0 bridgehead atoms. The number of esters is 1. The van der Waals surface area contributed by atoms with Crippen LogP contribution in [0.1, 0.15) is 26.2 Å². The molecule has 0 aromatic carbocycles. The molecule has 5 heteroatoms. The lowest BCUT2D eigenvalue weighted by molar-refractivity contribution is -0.142. The van der Waals surface area contributed by atoms with E-state index in [1.807, 2.05) is 0 Å². The fraction of sp³-hybridized carbons (Fsp3) is 0.800. The van der Waals surface area contributed by atoms with Gasteiger partial charge in [0.2, 0.25) is 0 Å². The van der Waals surface area contributed by atoms with Crippen LogP contribution in [-0.4, -0.2) is 43.1 Å². The van der Waals surface area contributed by atoms with Gasteiger partial charge in [-0.2, -0.15) is 0 Å². The van der Waals surface area contributed by atoms with Gasteiger partial charge in [-0.15, -0.1) is 0 Å². The van der Waals surface area contributed by atoms with Crippen molar-refractivity contribution in [2.45, 2.75) is 26.2 Å². The van der Waals surface area contributed by atoms with Gasteiger partial charge in [-0.3, -0.25) is 4.79 Å². The zero-order valence-electron chi connectivity index (χ0n) is 9.12. The summed E-state index contributed by atoms with van der Waals surface area (Å²) >= 11 is 0. The van der Waals surface area contributed by atoms with Crippen LogP contribution in [0.2, 0.25) is 0 Å². The highest BCUT2D eigenvalue weighted by Gasteiger charge is 2.17. The molecule has 15 heavy (non-hydrogen) atoms. The molecule has 0 atom stereocenters. The van der Waals surface area contributed by atoms with E-state index < -0.39 is 0 Å². The Hall–Kier alpha value is -1.26. The molecule has 1 rings (SSSR count). The predicted octanol–water partition coefficient (Wildman–Crippen LogP) is 0.745. The zero-order valence-corrected chi connectivity index (χ0v) is 9.12. The first kappa shape index (κ1) is 11.8. The Labute approximate surface area is 89.8 Å². The summed E-state index contributed by atoms with van der Waals surface area (Å²) in [6, 6.07) is -0.0724. The summed E-state index contributed by atoms with van der Waals surface area (Å²) in [4.78, 5) is 24.2. The molecule has 1 saturated heterocycles. The second kappa shape index (κ2) is 6.27. The topological polar surface area (TPSA) is 58.6 Å². The van der Waals surface area contributed by atoms with Crippen LogP contribution in [0.4, 0.5) is 4.79 Å². The smallest absolute Gasteiger partial charge is 0.317 e. The summed E-state index contributed by atoms with van der Waals surface area (Å²) in [6.45, 7) is 4.16. The number of carbonyl (C=O) groups excluding carboxylic acids is 2. The van der Waals surface area contributed by atoms with Crippen molar-refractivity contribution in [1.82, 2.24) is 10.2 Å². The van der Waals surface area contributed by atoms with E-state index in [-0.39, 0.29) is 18.4 Å². The maximum absolute atomic E-state index is 11.4. The first-order chi connectivity index (χ1) is 7.24. The van der Waals surface area contributed by atoms with Crippen LogP contribution >= 0.6 is 0 Å². The van der Waals surface area contributed by atoms with Gasteiger partial charge in [0, 0.05) is 19.6 Å². The van der Waals surface area contributed by atoms with Gasteiger partial charge in [0.25, 0.3) is 0 Å². The van der Waals surface area contributed by atoms with Crippen molar-refractivity contribution in [1.29, 1.82) is 0 Å². The van der Waals surface area contributed by atoms with Gasteiger partial charge < -0.3 is 15.0 Å². The molecular formula is C10H18N2O3. The Balaban J connectivity index is 2.08. The number of rotatable bonds is 4. The predicted molar refractivity (Wildman–Crippen MR) is 55.5 cm³/mol. The van der Waals surface area contributed by atoms with Crippen molar-refractivity contribution in [3.8, 4) is 0 Å². The molecule has 0 aromatic rings. The fourth-order valence-corrected chi connectivity index (χ4v) is 1.54. The van der Waals surface area contributed by atoms with Gasteiger partial charge in [0.1, 0.15) is 0 Å². The molecule has 0 aromatic heterocycles. The van der Waals surface area contributed by atoms with Crippen LogP contribution in [0, 0.1) is 0 Å². The van der Waals surface area contributed by atoms with E-state index in [4.69, 9.17) is 4.74 Å². The number of likely N-dealkylation sites (tertiary alicyclic amines) is 1. The van der Waals surface area contributed by atoms with Crippen LogP contribution in [0.3, 0.4) is 0 Å². The first-order valence-electron chi connectivity index (χ1n) is 5.42. The van der Waals surface area contributed by atoms with E-state index in [0.29, 0.717) is 13.2 Å². The second-order valence-corrected chi connectivity index (χ2v) is 3.48. The minimum atomic E-state index is -0.265. The van der Waals surface area contributed by atoms with Crippen molar-refractivity contribution in [3.63, 3.8) is 0 Å². The van der Waals surface area contributed by atoms with Gasteiger partial charge in [0.05, 0.1) is 13.0 Å². The molecule has 0 spiro atoms. The third kappa shape index (κ3) is 4.18. The van der Waals surface area contributed by atoms with Crippen LogP contribution in [-0.2, 0) is 9.53 Å². The van der Waals surface area contributed by atoms with Gasteiger partial charge in [0.15, 0.2) is 0 Å². The maximum atomic E-state index is 11.4. The number of nitrogens with one attached hydrogen (secondary N) is 1. The van der Waals surface area contributed by atoms with Crippen molar-refractivity contribution in [2.24, 2.45) is 0 Å². The van der Waals surface area contributed by atoms with E-state index in [1.165, 1.54) is 0 Å². The third-order valence-electron chi connectivity index (χ3n) is 2.30. The Morgan fingerprint density at radius 1 is 1.33 bits per heavy atom. The summed E-state index contributed by atoms with van der Waals surface area (Å²) < 4.78 is 4.75. The van der Waals surface area contributed by atoms with Gasteiger partial charge in [-0.1, -0.05) is 0 Å². The van der Waals surface area contributed by atoms with Gasteiger partial charge in [-0.25, -0.2) is 4.79 Å². The highest BCUT2D eigenvalue weighted by Crippen LogP contribution is 2.06. The zero-order chi connectivity index (χ0) is 11.1. The number of nitrogens with zero attached hydrogens (tertiary/aromatic N) is 1. The largest absolute Gasteiger partial charge is 0.466 e. The normalized spacial score (nSPS) is 15.1. The molecule has 0 aliphatic carbocycles. The molecule has 5 nitrogen and oxygen atoms in total. The molecule has 1 aliphatic rings. The average Bonchev–Trinajstić information content (AvgIpc) is 2.70. The number of ether oxygens (including phenoxy) is 1. The van der Waals surface area contributed by atoms with E-state index in [1.54, 1.807) is 11.8 Å². The molecule has 1 heterocycles. The fourth-order valence-electron chi connectivity index (χ4n) is 1.54. The lowest BCUT2D eigenvalue weighted by atomic mass is 10.4. The Morgan fingerprint density at radius 2 is 2.00 bits per heavy atom. The standard InChI is InChI=1S/C10H18N2O3/c1-2-15-9(13)5-6-11-10(14)12-7-3-4-8-12/h2-8H2,1H3,(H,11,14). The highest BCUT2D eigenvalue weighted by atomic mass is 16.5. The molecule has 1 aliphatic heterocycles. The molecule has 1 fully saturated rings. The molecular weight excluding hydrogens is 196 g/mol. The first-order valence-corrected chi connectivity index (χ1v) is 5.42. The van der Waals surface area contributed by atoms with Crippen molar-refractivity contribution < 1.29 is 14.3 Å². The van der Waals surface area contributed by atoms with Gasteiger partial charge >= 0.3 is 12.0 Å². The van der Waals surface area contributed by atoms with Crippen molar-refractivity contribution >= 4 is 12.0 Å². The van der Waals surface area contributed by atoms with E-state index in [2.05, 4.69) is 5.32 Å². The number of amides is 2. The molecule has 86 valence electrons. The van der Waals surface area contributed by atoms with Crippen LogP contribution < -0.4 is 5.32 Å². The summed E-state index contributed by atoms with van der Waals surface area (Å²) in [6.07, 6.45) is 2.39. The SMILES string of the molecule is CCOC(=O)CCNC(=O)N1CCCC1. The monoisotopic (exact) mass is 214 g/mol. The van der Waals surface area contributed by atoms with Gasteiger partial charge in [-0.05, 0) is 19.8 Å². The summed E-state index contributed by atoms with van der Waals surface area (Å²) in [7, 11) is 0. The number of hydrogen-bond acceptors (Lipinski definition) is 3. The van der Waals surface area contributed by atoms with Crippen LogP contribution in [0.5, 0.6) is 0 Å². The number of carbonyl (C=O) groups is 2. The second-order valence-electron chi connectivity index (χ2n) is 3.48. The summed E-state index contributed by atoms with van der Waals surface area (Å²) in [5.41, 5.74) is 0. The van der Waals surface area contributed by atoms with Crippen LogP contribution in [0.25, 0.3) is 0 Å². The average molecular weight is 214 g/mol. The molecule has 1 N–H and O–H groups in total. The highest BCUT2D eigenvalue weighted by molar-refractivity contribution is 5.75. The Kier molecular flexibility index (Phi) is 4.93. The van der Waals surface area contributed by atoms with Crippen molar-refractivity contribution in [3.05, 3.63) is 0 Å². The summed E-state index contributed by atoms with van der Waals surface area (Å²) in [5.74, 6) is -0.265. The number of urea groups is 1. The Morgan fingerprint density at radius 3 is 2.60 bits per heavy atom. The summed E-state index contributed by atoms with van der Waals surface area (Å²) in [5, 5.41) is 2.70.